The van der Waals surface area contributed by atoms with Crippen molar-refractivity contribution >= 4 is 22.9 Å². The summed E-state index contributed by atoms with van der Waals surface area (Å²) >= 11 is 0. The Bertz CT molecular complexity index is 1380. The van der Waals surface area contributed by atoms with Gasteiger partial charge >= 0.3 is 11.9 Å². The molecule has 0 amide bonds. The van der Waals surface area contributed by atoms with Gasteiger partial charge in [-0.3, -0.25) is 9.59 Å². The van der Waals surface area contributed by atoms with Crippen molar-refractivity contribution in [1.29, 1.82) is 0 Å². The van der Waals surface area contributed by atoms with Crippen molar-refractivity contribution in [2.24, 2.45) is 0 Å². The molecule has 1 aliphatic rings. The van der Waals surface area contributed by atoms with Gasteiger partial charge in [-0.2, -0.15) is 0 Å². The summed E-state index contributed by atoms with van der Waals surface area (Å²) in [6, 6.07) is 7.16. The lowest BCUT2D eigenvalue weighted by Gasteiger charge is -2.40. The maximum atomic E-state index is 13.4. The van der Waals surface area contributed by atoms with E-state index in [2.05, 4.69) is 0 Å². The Labute approximate surface area is 200 Å². The van der Waals surface area contributed by atoms with Crippen molar-refractivity contribution < 1.29 is 58.9 Å². The smallest absolute Gasteiger partial charge is 0.335 e. The van der Waals surface area contributed by atoms with E-state index in [9.17, 15) is 45.0 Å². The molecular weight excluding hydrogens is 484 g/mol. The lowest BCUT2D eigenvalue weighted by molar-refractivity contribution is -0.275. The van der Waals surface area contributed by atoms with Crippen LogP contribution in [0, 0.1) is 0 Å². The zero-order valence-electron chi connectivity index (χ0n) is 18.4. The van der Waals surface area contributed by atoms with Crippen LogP contribution in [0.25, 0.3) is 22.3 Å². The highest BCUT2D eigenvalue weighted by atomic mass is 16.7. The third kappa shape index (κ3) is 4.49. The minimum atomic E-state index is -2.02. The predicted molar refractivity (Wildman–Crippen MR) is 117 cm³/mol. The molecule has 1 aliphatic heterocycles. The van der Waals surface area contributed by atoms with Crippen LogP contribution >= 0.6 is 0 Å². The van der Waals surface area contributed by atoms with Gasteiger partial charge in [-0.15, -0.1) is 0 Å². The zero-order valence-corrected chi connectivity index (χ0v) is 18.4. The summed E-state index contributed by atoms with van der Waals surface area (Å²) in [4.78, 5) is 36.6. The molecule has 0 radical (unpaired) electrons. The van der Waals surface area contributed by atoms with Crippen LogP contribution in [-0.2, 0) is 19.1 Å². The van der Waals surface area contributed by atoms with Crippen molar-refractivity contribution in [3.8, 4) is 34.3 Å². The van der Waals surface area contributed by atoms with Crippen LogP contribution in [0.4, 0.5) is 0 Å². The molecule has 0 unspecified atom stereocenters. The summed E-state index contributed by atoms with van der Waals surface area (Å²) in [5.41, 5.74) is -1.07. The molecule has 0 bridgehead atoms. The molecule has 6 N–H and O–H groups in total. The van der Waals surface area contributed by atoms with Gasteiger partial charge in [0.05, 0.1) is 0 Å². The summed E-state index contributed by atoms with van der Waals surface area (Å²) in [5.74, 6) is -4.75. The van der Waals surface area contributed by atoms with Crippen LogP contribution in [-0.4, -0.2) is 73.3 Å². The number of carbonyl (C=O) groups is 2. The van der Waals surface area contributed by atoms with E-state index in [0.717, 1.165) is 19.1 Å². The maximum absolute atomic E-state index is 13.4. The fourth-order valence-corrected chi connectivity index (χ4v) is 3.75. The Hall–Kier alpha value is -4.33. The number of aliphatic carboxylic acids is 1. The molecule has 13 nitrogen and oxygen atoms in total. The number of aromatic hydroxyl groups is 3. The van der Waals surface area contributed by atoms with Crippen LogP contribution in [0.2, 0.25) is 0 Å². The molecule has 3 aromatic rings. The third-order valence-corrected chi connectivity index (χ3v) is 5.37. The maximum Gasteiger partial charge on any atom is 0.335 e. The standard InChI is InChI=1S/C23H20O13/c1-8(24)33-21-17(30)16(29)20(22(31)32)36-23(21)35-19-15(28)14-12(27)6-11(26)7-13(14)34-18(19)9-2-4-10(25)5-3-9/h2-7,16-17,20-21,23,25-27,29-30H,1H3,(H,31,32)/t16-,17-,20-,21+,23+/m0/s1. The second kappa shape index (κ2) is 9.37. The van der Waals surface area contributed by atoms with Crippen LogP contribution < -0.4 is 10.2 Å². The van der Waals surface area contributed by atoms with Gasteiger partial charge in [0.15, 0.2) is 18.0 Å². The van der Waals surface area contributed by atoms with Gasteiger partial charge in [0.1, 0.15) is 40.4 Å². The minimum absolute atomic E-state index is 0.119. The molecular formula is C23H20O13. The van der Waals surface area contributed by atoms with E-state index in [1.54, 1.807) is 0 Å². The number of carboxylic acids is 1. The largest absolute Gasteiger partial charge is 0.508 e. The van der Waals surface area contributed by atoms with Gasteiger partial charge in [0.2, 0.25) is 17.5 Å². The van der Waals surface area contributed by atoms with Gasteiger partial charge in [-0.25, -0.2) is 4.79 Å². The number of benzene rings is 2. The number of aliphatic hydroxyl groups excluding tert-OH is 2. The molecule has 2 heterocycles. The van der Waals surface area contributed by atoms with Crippen LogP contribution in [0.1, 0.15) is 6.92 Å². The first kappa shape index (κ1) is 24.8. The minimum Gasteiger partial charge on any atom is -0.508 e. The predicted octanol–water partition coefficient (Wildman–Crippen LogP) is 0.419. The number of phenolic OH excluding ortho intramolecular Hbond substituents is 3. The fraction of sp³-hybridized carbons (Fsp3) is 0.261. The topological polar surface area (TPSA) is 213 Å². The summed E-state index contributed by atoms with van der Waals surface area (Å²) in [7, 11) is 0. The molecule has 2 aromatic carbocycles. The van der Waals surface area contributed by atoms with Crippen molar-refractivity contribution in [2.45, 2.75) is 37.6 Å². The van der Waals surface area contributed by atoms with Crippen molar-refractivity contribution in [1.82, 2.24) is 0 Å². The van der Waals surface area contributed by atoms with Gasteiger partial charge in [0.25, 0.3) is 0 Å². The summed E-state index contributed by atoms with van der Waals surface area (Å²) in [6.45, 7) is 0.982. The number of carboxylic acid groups (broad SMARTS) is 1. The normalized spacial score (nSPS) is 23.8. The zero-order chi connectivity index (χ0) is 26.3. The molecule has 1 fully saturated rings. The monoisotopic (exact) mass is 504 g/mol. The highest BCUT2D eigenvalue weighted by Gasteiger charge is 2.51. The molecule has 1 aromatic heterocycles. The number of esters is 1. The van der Waals surface area contributed by atoms with Gasteiger partial charge in [-0.1, -0.05) is 0 Å². The van der Waals surface area contributed by atoms with Crippen molar-refractivity contribution in [3.63, 3.8) is 0 Å². The first-order valence-electron chi connectivity index (χ1n) is 10.4. The second-order valence-corrected chi connectivity index (χ2v) is 7.91. The fourth-order valence-electron chi connectivity index (χ4n) is 3.75. The Morgan fingerprint density at radius 2 is 1.64 bits per heavy atom. The van der Waals surface area contributed by atoms with Gasteiger partial charge in [-0.05, 0) is 24.3 Å². The number of ether oxygens (including phenoxy) is 3. The van der Waals surface area contributed by atoms with E-state index in [1.807, 2.05) is 0 Å². The lowest BCUT2D eigenvalue weighted by atomic mass is 9.98. The first-order valence-corrected chi connectivity index (χ1v) is 10.4. The number of rotatable bonds is 5. The number of hydrogen-bond donors (Lipinski definition) is 6. The van der Waals surface area contributed by atoms with Crippen molar-refractivity contribution in [3.05, 3.63) is 46.6 Å². The highest BCUT2D eigenvalue weighted by molar-refractivity contribution is 5.88. The molecule has 4 rings (SSSR count). The van der Waals surface area contributed by atoms with E-state index in [0.29, 0.717) is 0 Å². The van der Waals surface area contributed by atoms with E-state index >= 15 is 0 Å². The number of hydrogen-bond acceptors (Lipinski definition) is 12. The number of fused-ring (bicyclic) bond motifs is 1. The molecule has 190 valence electrons. The molecule has 0 spiro atoms. The molecule has 5 atom stereocenters. The third-order valence-electron chi connectivity index (χ3n) is 5.37. The SMILES string of the molecule is CC(=O)O[C@H]1[C@H](Oc2c(-c3ccc(O)cc3)oc3cc(O)cc(O)c3c2=O)O[C@H](C(=O)O)[C@@H](O)[C@@H]1O. The first-order chi connectivity index (χ1) is 17.0. The van der Waals surface area contributed by atoms with E-state index in [-0.39, 0.29) is 22.7 Å². The molecule has 13 heteroatoms. The number of carbonyl (C=O) groups excluding carboxylic acids is 1. The molecule has 36 heavy (non-hydrogen) atoms. The summed E-state index contributed by atoms with van der Waals surface area (Å²) in [5, 5.41) is 59.2. The molecule has 0 saturated carbocycles. The van der Waals surface area contributed by atoms with Crippen LogP contribution in [0.3, 0.4) is 0 Å². The van der Waals surface area contributed by atoms with E-state index < -0.39 is 70.7 Å². The lowest BCUT2D eigenvalue weighted by Crippen LogP contribution is -2.62. The average molecular weight is 504 g/mol. The Morgan fingerprint density at radius 3 is 2.25 bits per heavy atom. The number of phenols is 3. The van der Waals surface area contributed by atoms with E-state index in [1.165, 1.54) is 24.3 Å². The van der Waals surface area contributed by atoms with Crippen LogP contribution in [0.15, 0.2) is 45.6 Å². The van der Waals surface area contributed by atoms with Gasteiger partial charge in [0, 0.05) is 24.6 Å². The number of aliphatic hydroxyl groups is 2. The Morgan fingerprint density at radius 1 is 0.972 bits per heavy atom. The van der Waals surface area contributed by atoms with Crippen molar-refractivity contribution in [2.75, 3.05) is 0 Å². The molecule has 1 saturated heterocycles. The second-order valence-electron chi connectivity index (χ2n) is 7.91. The Balaban J connectivity index is 1.91. The summed E-state index contributed by atoms with van der Waals surface area (Å²) in [6.07, 6.45) is -9.72. The van der Waals surface area contributed by atoms with E-state index in [4.69, 9.17) is 18.6 Å². The van der Waals surface area contributed by atoms with Crippen LogP contribution in [0.5, 0.6) is 23.0 Å². The quantitative estimate of drug-likeness (QED) is 0.260. The summed E-state index contributed by atoms with van der Waals surface area (Å²) < 4.78 is 21.6. The highest BCUT2D eigenvalue weighted by Crippen LogP contribution is 2.37. The molecule has 0 aliphatic carbocycles. The Kier molecular flexibility index (Phi) is 6.45. The average Bonchev–Trinajstić information content (AvgIpc) is 2.79. The van der Waals surface area contributed by atoms with Gasteiger partial charge < -0.3 is 49.3 Å².